The highest BCUT2D eigenvalue weighted by molar-refractivity contribution is 5.44. The topological polar surface area (TPSA) is 0 Å². The molecule has 0 bridgehead atoms. The van der Waals surface area contributed by atoms with Gasteiger partial charge in [0.15, 0.2) is 0 Å². The number of aryl methyl sites for hydroxylation is 2. The van der Waals surface area contributed by atoms with Crippen molar-refractivity contribution in [2.45, 2.75) is 96.8 Å². The summed E-state index contributed by atoms with van der Waals surface area (Å²) >= 11 is 0. The van der Waals surface area contributed by atoms with Crippen LogP contribution in [0.25, 0.3) is 0 Å². The van der Waals surface area contributed by atoms with E-state index in [1.54, 1.807) is 0 Å². The van der Waals surface area contributed by atoms with Crippen LogP contribution in [-0.2, 0) is 12.8 Å². The number of unbranched alkanes of at least 4 members (excludes halogenated alkanes) is 4. The molecule has 0 aromatic heterocycles. The van der Waals surface area contributed by atoms with Crippen LogP contribution in [0, 0.1) is 23.7 Å². The van der Waals surface area contributed by atoms with E-state index < -0.39 is 0 Å². The van der Waals surface area contributed by atoms with Crippen molar-refractivity contribution in [3.63, 3.8) is 0 Å². The van der Waals surface area contributed by atoms with Crippen molar-refractivity contribution < 1.29 is 0 Å². The molecule has 0 amide bonds. The summed E-state index contributed by atoms with van der Waals surface area (Å²) in [6.07, 6.45) is 20.8. The maximum Gasteiger partial charge on any atom is 0.0249 e. The molecule has 2 aromatic rings. The first kappa shape index (κ1) is 25.4. The van der Waals surface area contributed by atoms with E-state index >= 15 is 0 Å². The van der Waals surface area contributed by atoms with E-state index in [9.17, 15) is 0 Å². The van der Waals surface area contributed by atoms with E-state index in [-0.39, 0.29) is 0 Å². The van der Waals surface area contributed by atoms with Crippen LogP contribution in [0.15, 0.2) is 61.2 Å². The van der Waals surface area contributed by atoms with E-state index in [1.807, 2.05) is 6.08 Å². The van der Waals surface area contributed by atoms with Crippen molar-refractivity contribution in [1.29, 1.82) is 0 Å². The lowest BCUT2D eigenvalue weighted by atomic mass is 9.78. The third-order valence-electron chi connectivity index (χ3n) is 7.41. The Morgan fingerprint density at radius 3 is 1.79 bits per heavy atom. The summed E-state index contributed by atoms with van der Waals surface area (Å²) in [5, 5.41) is 0. The van der Waals surface area contributed by atoms with Crippen molar-refractivity contribution >= 4 is 0 Å². The Balaban J connectivity index is 1.38. The Morgan fingerprint density at radius 2 is 1.24 bits per heavy atom. The molecular formula is C33H44. The van der Waals surface area contributed by atoms with Crippen molar-refractivity contribution in [1.82, 2.24) is 0 Å². The fourth-order valence-electron chi connectivity index (χ4n) is 5.13. The smallest absolute Gasteiger partial charge is 0.0249 e. The fraction of sp³-hybridized carbons (Fsp3) is 0.515. The largest absolute Gasteiger partial charge is 0.103 e. The molecule has 0 spiro atoms. The Bertz CT molecular complexity index is 851. The summed E-state index contributed by atoms with van der Waals surface area (Å²) < 4.78 is 0. The van der Waals surface area contributed by atoms with Crippen LogP contribution >= 0.6 is 0 Å². The molecule has 0 aliphatic heterocycles. The molecule has 0 N–H and O–H groups in total. The summed E-state index contributed by atoms with van der Waals surface area (Å²) in [4.78, 5) is 0. The number of benzene rings is 2. The zero-order valence-electron chi connectivity index (χ0n) is 21.0. The normalized spacial score (nSPS) is 17.8. The van der Waals surface area contributed by atoms with Gasteiger partial charge < -0.3 is 0 Å². The molecule has 3 rings (SSSR count). The zero-order valence-corrected chi connectivity index (χ0v) is 21.0. The highest BCUT2D eigenvalue weighted by atomic mass is 14.3. The Morgan fingerprint density at radius 1 is 0.697 bits per heavy atom. The van der Waals surface area contributed by atoms with Gasteiger partial charge in [-0.05, 0) is 85.8 Å². The first-order valence-corrected chi connectivity index (χ1v) is 13.6. The molecular weight excluding hydrogens is 396 g/mol. The van der Waals surface area contributed by atoms with Gasteiger partial charge >= 0.3 is 0 Å². The van der Waals surface area contributed by atoms with Gasteiger partial charge in [0.05, 0.1) is 0 Å². The lowest BCUT2D eigenvalue weighted by molar-refractivity contribution is 0.249. The molecule has 1 saturated carbocycles. The summed E-state index contributed by atoms with van der Waals surface area (Å²) in [5.41, 5.74) is 5.07. The third-order valence-corrected chi connectivity index (χ3v) is 7.41. The lowest BCUT2D eigenvalue weighted by Crippen LogP contribution is -2.15. The molecule has 0 atom stereocenters. The monoisotopic (exact) mass is 440 g/mol. The Kier molecular flexibility index (Phi) is 11.4. The molecule has 1 fully saturated rings. The molecule has 33 heavy (non-hydrogen) atoms. The van der Waals surface area contributed by atoms with Crippen LogP contribution in [0.2, 0.25) is 0 Å². The first-order valence-electron chi connectivity index (χ1n) is 13.6. The second kappa shape index (κ2) is 14.8. The number of rotatable bonds is 12. The van der Waals surface area contributed by atoms with Gasteiger partial charge in [0.25, 0.3) is 0 Å². The van der Waals surface area contributed by atoms with Crippen molar-refractivity contribution in [3.05, 3.63) is 83.4 Å². The number of allylic oxidation sites excluding steroid dienone is 1. The average molecular weight is 441 g/mol. The summed E-state index contributed by atoms with van der Waals surface area (Å²) in [6, 6.07) is 17.7. The Labute approximate surface area is 203 Å². The van der Waals surface area contributed by atoms with Crippen LogP contribution in [-0.4, -0.2) is 0 Å². The van der Waals surface area contributed by atoms with Crippen LogP contribution in [0.3, 0.4) is 0 Å². The maximum atomic E-state index is 3.79. The minimum Gasteiger partial charge on any atom is -0.103 e. The lowest BCUT2D eigenvalue weighted by Gasteiger charge is -2.28. The second-order valence-corrected chi connectivity index (χ2v) is 10.1. The highest BCUT2D eigenvalue weighted by Gasteiger charge is 2.20. The fourth-order valence-corrected chi connectivity index (χ4v) is 5.13. The first-order chi connectivity index (χ1) is 16.3. The summed E-state index contributed by atoms with van der Waals surface area (Å²) in [7, 11) is 0. The number of hydrogen-bond donors (Lipinski definition) is 0. The van der Waals surface area contributed by atoms with Crippen molar-refractivity contribution in [2.24, 2.45) is 11.8 Å². The predicted octanol–water partition coefficient (Wildman–Crippen LogP) is 9.30. The molecule has 1 aliphatic carbocycles. The minimum atomic E-state index is 0.942. The molecule has 176 valence electrons. The van der Waals surface area contributed by atoms with Crippen LogP contribution in [0.1, 0.15) is 106 Å². The van der Waals surface area contributed by atoms with Crippen LogP contribution < -0.4 is 0 Å². The van der Waals surface area contributed by atoms with Gasteiger partial charge in [-0.2, -0.15) is 0 Å². The molecule has 0 heteroatoms. The van der Waals surface area contributed by atoms with Gasteiger partial charge in [-0.15, -0.1) is 6.58 Å². The van der Waals surface area contributed by atoms with Gasteiger partial charge in [0, 0.05) is 11.1 Å². The van der Waals surface area contributed by atoms with Gasteiger partial charge in [-0.3, -0.25) is 0 Å². The molecule has 0 heterocycles. The summed E-state index contributed by atoms with van der Waals surface area (Å²) in [5.74, 6) is 8.62. The van der Waals surface area contributed by atoms with Crippen LogP contribution in [0.4, 0.5) is 0 Å². The molecule has 2 aromatic carbocycles. The van der Waals surface area contributed by atoms with Crippen LogP contribution in [0.5, 0.6) is 0 Å². The predicted molar refractivity (Wildman–Crippen MR) is 145 cm³/mol. The molecule has 0 nitrogen and oxygen atoms in total. The van der Waals surface area contributed by atoms with Gasteiger partial charge in [0.2, 0.25) is 0 Å². The van der Waals surface area contributed by atoms with E-state index in [2.05, 4.69) is 73.9 Å². The van der Waals surface area contributed by atoms with Gasteiger partial charge in [-0.1, -0.05) is 100 Å². The van der Waals surface area contributed by atoms with E-state index in [4.69, 9.17) is 0 Å². The summed E-state index contributed by atoms with van der Waals surface area (Å²) in [6.45, 7) is 6.10. The minimum absolute atomic E-state index is 0.942. The number of hydrogen-bond acceptors (Lipinski definition) is 0. The molecule has 0 saturated heterocycles. The molecule has 0 unspecified atom stereocenters. The third kappa shape index (κ3) is 9.63. The molecule has 0 radical (unpaired) electrons. The maximum absolute atomic E-state index is 3.79. The van der Waals surface area contributed by atoms with E-state index in [0.717, 1.165) is 35.8 Å². The van der Waals surface area contributed by atoms with Gasteiger partial charge in [-0.25, -0.2) is 0 Å². The van der Waals surface area contributed by atoms with Crippen molar-refractivity contribution in [3.8, 4) is 11.8 Å². The standard InChI is InChI=1S/C33H44/c1-3-5-7-9-11-29-14-18-31(19-15-29)21-23-33-26-24-32(25-27-33)22-20-30-16-12-28(13-17-30)10-8-6-4-2/h3,14-15,18-19,24-28,30H,1,4-13,16-17,20,22H2,2H3. The second-order valence-electron chi connectivity index (χ2n) is 10.1. The van der Waals surface area contributed by atoms with Crippen molar-refractivity contribution in [2.75, 3.05) is 0 Å². The zero-order chi connectivity index (χ0) is 23.1. The highest BCUT2D eigenvalue weighted by Crippen LogP contribution is 2.34. The Hall–Kier alpha value is -2.26. The molecule has 1 aliphatic rings. The quantitative estimate of drug-likeness (QED) is 0.175. The van der Waals surface area contributed by atoms with E-state index in [0.29, 0.717) is 0 Å². The van der Waals surface area contributed by atoms with Gasteiger partial charge in [0.1, 0.15) is 0 Å². The average Bonchev–Trinajstić information content (AvgIpc) is 2.86. The SMILES string of the molecule is C=CCCCCc1ccc(C#Cc2ccc(CCC3CCC(CCCCC)CC3)cc2)cc1. The van der Waals surface area contributed by atoms with E-state index in [1.165, 1.54) is 88.2 Å².